The van der Waals surface area contributed by atoms with Gasteiger partial charge in [0.05, 0.1) is 6.57 Å². The molecule has 1 N–H and O–H groups in total. The van der Waals surface area contributed by atoms with E-state index in [-0.39, 0.29) is 11.5 Å². The van der Waals surface area contributed by atoms with Crippen LogP contribution in [-0.4, -0.2) is 17.3 Å². The standard InChI is InChI=1S/C13H13N3O.C2H6/c1-14-12(11-4-2-3-7-16-11)13(17)10-5-8-15-9-6-10;1-2/h5-6,8-9,16H,2-4,7H2;1-2H3/b12-11+;. The summed E-state index contributed by atoms with van der Waals surface area (Å²) in [5.41, 5.74) is 1.52. The summed E-state index contributed by atoms with van der Waals surface area (Å²) < 4.78 is 0. The second-order valence-corrected chi connectivity index (χ2v) is 3.89. The highest BCUT2D eigenvalue weighted by atomic mass is 16.1. The number of hydrogen-bond acceptors (Lipinski definition) is 3. The third kappa shape index (κ3) is 3.92. The Labute approximate surface area is 114 Å². The molecule has 0 spiro atoms. The van der Waals surface area contributed by atoms with Gasteiger partial charge in [0.1, 0.15) is 0 Å². The van der Waals surface area contributed by atoms with E-state index in [2.05, 4.69) is 15.1 Å². The van der Waals surface area contributed by atoms with E-state index >= 15 is 0 Å². The van der Waals surface area contributed by atoms with Crippen molar-refractivity contribution in [1.29, 1.82) is 0 Å². The smallest absolute Gasteiger partial charge is 0.252 e. The molecule has 1 aromatic heterocycles. The average molecular weight is 257 g/mol. The molecule has 2 heterocycles. The Kier molecular flexibility index (Phi) is 6.31. The molecule has 1 aliphatic heterocycles. The molecule has 0 bridgehead atoms. The lowest BCUT2D eigenvalue weighted by Crippen LogP contribution is -2.23. The van der Waals surface area contributed by atoms with E-state index in [9.17, 15) is 4.79 Å². The van der Waals surface area contributed by atoms with Crippen LogP contribution < -0.4 is 5.32 Å². The van der Waals surface area contributed by atoms with Crippen molar-refractivity contribution in [1.82, 2.24) is 10.3 Å². The zero-order chi connectivity index (χ0) is 14.1. The van der Waals surface area contributed by atoms with Gasteiger partial charge in [-0.15, -0.1) is 0 Å². The Morgan fingerprint density at radius 1 is 1.32 bits per heavy atom. The number of carbonyl (C=O) groups is 1. The summed E-state index contributed by atoms with van der Waals surface area (Å²) in [4.78, 5) is 19.4. The minimum atomic E-state index is -0.216. The van der Waals surface area contributed by atoms with Gasteiger partial charge in [0.2, 0.25) is 0 Å². The van der Waals surface area contributed by atoms with Gasteiger partial charge in [-0.05, 0) is 31.4 Å². The summed E-state index contributed by atoms with van der Waals surface area (Å²) in [6.45, 7) is 12.0. The van der Waals surface area contributed by atoms with E-state index in [1.807, 2.05) is 13.8 Å². The van der Waals surface area contributed by atoms with Crippen molar-refractivity contribution in [2.75, 3.05) is 6.54 Å². The van der Waals surface area contributed by atoms with E-state index in [0.717, 1.165) is 31.5 Å². The Morgan fingerprint density at radius 3 is 2.53 bits per heavy atom. The molecule has 0 aliphatic carbocycles. The molecule has 4 heteroatoms. The molecule has 100 valence electrons. The monoisotopic (exact) mass is 257 g/mol. The highest BCUT2D eigenvalue weighted by Gasteiger charge is 2.19. The van der Waals surface area contributed by atoms with Crippen LogP contribution in [0.4, 0.5) is 0 Å². The topological polar surface area (TPSA) is 46.4 Å². The molecule has 0 saturated carbocycles. The number of nitrogens with zero attached hydrogens (tertiary/aromatic N) is 2. The summed E-state index contributed by atoms with van der Waals surface area (Å²) in [5, 5.41) is 3.15. The van der Waals surface area contributed by atoms with Crippen molar-refractivity contribution in [2.45, 2.75) is 33.1 Å². The maximum absolute atomic E-state index is 12.1. The van der Waals surface area contributed by atoms with Crippen LogP contribution in [0, 0.1) is 6.57 Å². The van der Waals surface area contributed by atoms with E-state index in [0.29, 0.717) is 5.56 Å². The number of rotatable bonds is 2. The van der Waals surface area contributed by atoms with Crippen LogP contribution in [0.3, 0.4) is 0 Å². The van der Waals surface area contributed by atoms with Gasteiger partial charge in [0.15, 0.2) is 5.78 Å². The van der Waals surface area contributed by atoms with Crippen LogP contribution >= 0.6 is 0 Å². The number of nitrogens with one attached hydrogen (secondary N) is 1. The number of pyridine rings is 1. The lowest BCUT2D eigenvalue weighted by molar-refractivity contribution is 0.103. The third-order valence-electron chi connectivity index (χ3n) is 2.75. The van der Waals surface area contributed by atoms with Crippen LogP contribution in [0.5, 0.6) is 0 Å². The molecule has 0 unspecified atom stereocenters. The number of ketones is 1. The van der Waals surface area contributed by atoms with Gasteiger partial charge in [-0.3, -0.25) is 4.98 Å². The summed E-state index contributed by atoms with van der Waals surface area (Å²) in [5.74, 6) is -0.216. The van der Waals surface area contributed by atoms with Crippen molar-refractivity contribution in [3.05, 3.63) is 52.9 Å². The predicted octanol–water partition coefficient (Wildman–Crippen LogP) is 3.19. The molecule has 0 atom stereocenters. The SMILES string of the molecule is CC.[C-]#[N+]/C(C(=O)c1ccncc1)=C1\CCCCN1. The second kappa shape index (κ2) is 8.04. The van der Waals surface area contributed by atoms with Crippen LogP contribution in [0.25, 0.3) is 4.85 Å². The summed E-state index contributed by atoms with van der Waals surface area (Å²) in [6.07, 6.45) is 6.04. The molecule has 1 saturated heterocycles. The van der Waals surface area contributed by atoms with Gasteiger partial charge < -0.3 is 10.1 Å². The van der Waals surface area contributed by atoms with Crippen molar-refractivity contribution >= 4 is 5.78 Å². The molecule has 1 aromatic rings. The fourth-order valence-corrected chi connectivity index (χ4v) is 1.85. The first-order valence-corrected chi connectivity index (χ1v) is 6.62. The number of hydrogen-bond donors (Lipinski definition) is 1. The van der Waals surface area contributed by atoms with Gasteiger partial charge >= 0.3 is 0 Å². The molecule has 4 nitrogen and oxygen atoms in total. The lowest BCUT2D eigenvalue weighted by atomic mass is 10.0. The van der Waals surface area contributed by atoms with Crippen LogP contribution in [0.2, 0.25) is 0 Å². The van der Waals surface area contributed by atoms with Crippen molar-refractivity contribution in [3.8, 4) is 0 Å². The van der Waals surface area contributed by atoms with Gasteiger partial charge in [-0.1, -0.05) is 13.8 Å². The first-order chi connectivity index (χ1) is 9.33. The van der Waals surface area contributed by atoms with Crippen LogP contribution in [0.1, 0.15) is 43.5 Å². The van der Waals surface area contributed by atoms with Gasteiger partial charge in [-0.25, -0.2) is 4.85 Å². The first-order valence-electron chi connectivity index (χ1n) is 6.62. The van der Waals surface area contributed by atoms with Gasteiger partial charge in [0, 0.05) is 30.2 Å². The predicted molar refractivity (Wildman–Crippen MR) is 75.4 cm³/mol. The molecule has 0 aromatic carbocycles. The summed E-state index contributed by atoms with van der Waals surface area (Å²) >= 11 is 0. The first kappa shape index (κ1) is 14.9. The van der Waals surface area contributed by atoms with Crippen molar-refractivity contribution in [3.63, 3.8) is 0 Å². The minimum absolute atomic E-state index is 0.216. The minimum Gasteiger partial charge on any atom is -0.397 e. The van der Waals surface area contributed by atoms with Gasteiger partial charge in [0.25, 0.3) is 5.70 Å². The zero-order valence-corrected chi connectivity index (χ0v) is 11.4. The zero-order valence-electron chi connectivity index (χ0n) is 11.4. The highest BCUT2D eigenvalue weighted by Crippen LogP contribution is 2.19. The largest absolute Gasteiger partial charge is 0.397 e. The lowest BCUT2D eigenvalue weighted by Gasteiger charge is -2.18. The number of Topliss-reactive ketones (excluding diaryl/α,β-unsaturated/α-hetero) is 1. The highest BCUT2D eigenvalue weighted by molar-refractivity contribution is 6.10. The maximum Gasteiger partial charge on any atom is 0.252 e. The van der Waals surface area contributed by atoms with E-state index in [1.54, 1.807) is 24.5 Å². The Bertz CT molecular complexity index is 478. The molecule has 1 fully saturated rings. The number of piperidine rings is 1. The van der Waals surface area contributed by atoms with E-state index in [4.69, 9.17) is 6.57 Å². The number of carbonyl (C=O) groups excluding carboxylic acids is 1. The van der Waals surface area contributed by atoms with Gasteiger partial charge in [-0.2, -0.15) is 0 Å². The van der Waals surface area contributed by atoms with Crippen LogP contribution in [0.15, 0.2) is 35.9 Å². The molecule has 2 rings (SSSR count). The molecular formula is C15H19N3O. The Balaban J connectivity index is 0.000000861. The quantitative estimate of drug-likeness (QED) is 0.503. The fourth-order valence-electron chi connectivity index (χ4n) is 1.85. The molecule has 0 radical (unpaired) electrons. The Morgan fingerprint density at radius 2 is 2.00 bits per heavy atom. The normalized spacial score (nSPS) is 16.3. The van der Waals surface area contributed by atoms with Crippen molar-refractivity contribution in [2.24, 2.45) is 0 Å². The number of allylic oxidation sites excluding steroid dienone is 2. The number of aromatic nitrogens is 1. The third-order valence-corrected chi connectivity index (χ3v) is 2.75. The van der Waals surface area contributed by atoms with E-state index < -0.39 is 0 Å². The second-order valence-electron chi connectivity index (χ2n) is 3.89. The molecule has 0 amide bonds. The van der Waals surface area contributed by atoms with Crippen LogP contribution in [-0.2, 0) is 0 Å². The molecule has 1 aliphatic rings. The molecule has 19 heavy (non-hydrogen) atoms. The summed E-state index contributed by atoms with van der Waals surface area (Å²) in [7, 11) is 0. The van der Waals surface area contributed by atoms with Crippen molar-refractivity contribution < 1.29 is 4.79 Å². The fraction of sp³-hybridized carbons (Fsp3) is 0.400. The maximum atomic E-state index is 12.1. The Hall–Kier alpha value is -2.15. The molecular weight excluding hydrogens is 238 g/mol. The summed E-state index contributed by atoms with van der Waals surface area (Å²) in [6, 6.07) is 3.27. The average Bonchev–Trinajstić information content (AvgIpc) is 2.52. The van der Waals surface area contributed by atoms with E-state index in [1.165, 1.54) is 0 Å².